The Morgan fingerprint density at radius 1 is 0.952 bits per heavy atom. The molecule has 6 unspecified atom stereocenters. The number of aromatic hydroxyl groups is 1. The molecule has 4 amide bonds. The SMILES string of the molecule is CCc1ccc(N2C(=O)C3CC=C4C(CC5(Cl)C(=O)N(C)C(=O)C5(Cl)C4c4cc(OC)c(O)c(OC)c4)C3C2=O)cc1. The van der Waals surface area contributed by atoms with Crippen molar-refractivity contribution in [3.05, 3.63) is 59.2 Å². The van der Waals surface area contributed by atoms with Gasteiger partial charge in [0.25, 0.3) is 11.8 Å². The van der Waals surface area contributed by atoms with Crippen molar-refractivity contribution in [3.63, 3.8) is 0 Å². The molecule has 42 heavy (non-hydrogen) atoms. The van der Waals surface area contributed by atoms with Gasteiger partial charge in [0.1, 0.15) is 0 Å². The molecular weight excluding hydrogens is 583 g/mol. The molecule has 2 aromatic rings. The van der Waals surface area contributed by atoms with E-state index in [4.69, 9.17) is 32.7 Å². The second-order valence-corrected chi connectivity index (χ2v) is 12.5. The number of ether oxygens (including phenoxy) is 2. The quantitative estimate of drug-likeness (QED) is 0.306. The molecule has 1 N–H and O–H groups in total. The first kappa shape index (κ1) is 28.6. The van der Waals surface area contributed by atoms with Gasteiger partial charge in [0, 0.05) is 13.0 Å². The van der Waals surface area contributed by atoms with E-state index >= 15 is 0 Å². The number of hydrogen-bond acceptors (Lipinski definition) is 7. The van der Waals surface area contributed by atoms with Gasteiger partial charge in [-0.05, 0) is 60.6 Å². The third-order valence-electron chi connectivity index (χ3n) is 9.45. The van der Waals surface area contributed by atoms with E-state index in [0.717, 1.165) is 16.9 Å². The van der Waals surface area contributed by atoms with E-state index in [9.17, 15) is 24.3 Å². The van der Waals surface area contributed by atoms with Gasteiger partial charge in [-0.25, -0.2) is 0 Å². The van der Waals surface area contributed by atoms with Crippen LogP contribution in [0.5, 0.6) is 17.2 Å². The molecule has 0 bridgehead atoms. The monoisotopic (exact) mass is 612 g/mol. The normalized spacial score (nSPS) is 32.0. The zero-order valence-electron chi connectivity index (χ0n) is 23.5. The van der Waals surface area contributed by atoms with E-state index in [1.165, 1.54) is 38.3 Å². The highest BCUT2D eigenvalue weighted by molar-refractivity contribution is 6.53. The zero-order chi connectivity index (χ0) is 30.3. The molecule has 0 aromatic heterocycles. The van der Waals surface area contributed by atoms with Crippen LogP contribution in [0.1, 0.15) is 36.8 Å². The number of phenols is 1. The van der Waals surface area contributed by atoms with Crippen LogP contribution in [0.15, 0.2) is 48.0 Å². The first-order chi connectivity index (χ1) is 19.9. The fourth-order valence-electron chi connectivity index (χ4n) is 7.33. The Balaban J connectivity index is 1.52. The Kier molecular flexibility index (Phi) is 6.62. The lowest BCUT2D eigenvalue weighted by Gasteiger charge is -2.50. The largest absolute Gasteiger partial charge is 0.502 e. The molecule has 1 saturated carbocycles. The standard InChI is InChI=1S/C31H30Cl2N2O7/c1-5-15-6-8-17(9-7-15)35-26(37)19-11-10-18-20(23(19)27(35)38)14-30(32)28(39)34(2)29(40)31(30,33)24(18)16-12-21(41-3)25(36)22(13-16)42-4/h6-10,12-13,19-20,23-24,36H,5,11,14H2,1-4H3. The van der Waals surface area contributed by atoms with Gasteiger partial charge in [0.15, 0.2) is 21.2 Å². The zero-order valence-corrected chi connectivity index (χ0v) is 25.0. The average molecular weight is 613 g/mol. The molecule has 11 heteroatoms. The van der Waals surface area contributed by atoms with Gasteiger partial charge in [0.2, 0.25) is 17.6 Å². The lowest BCUT2D eigenvalue weighted by Crippen LogP contribution is -2.60. The van der Waals surface area contributed by atoms with Crippen molar-refractivity contribution in [1.29, 1.82) is 0 Å². The van der Waals surface area contributed by atoms with Gasteiger partial charge < -0.3 is 14.6 Å². The molecule has 3 fully saturated rings. The molecule has 2 aromatic carbocycles. The van der Waals surface area contributed by atoms with Gasteiger partial charge >= 0.3 is 0 Å². The van der Waals surface area contributed by atoms with Crippen molar-refractivity contribution < 1.29 is 33.8 Å². The number of anilines is 1. The predicted molar refractivity (Wildman–Crippen MR) is 155 cm³/mol. The number of fused-ring (bicyclic) bond motifs is 4. The third-order valence-corrected chi connectivity index (χ3v) is 10.9. The number of imide groups is 2. The highest BCUT2D eigenvalue weighted by atomic mass is 35.5. The van der Waals surface area contributed by atoms with Gasteiger partial charge in [-0.3, -0.25) is 29.0 Å². The Hall–Kier alpha value is -3.56. The second-order valence-electron chi connectivity index (χ2n) is 11.3. The Morgan fingerprint density at radius 2 is 1.57 bits per heavy atom. The molecule has 6 rings (SSSR count). The summed E-state index contributed by atoms with van der Waals surface area (Å²) >= 11 is 14.4. The first-order valence-corrected chi connectivity index (χ1v) is 14.5. The number of methoxy groups -OCH3 is 2. The van der Waals surface area contributed by atoms with Crippen molar-refractivity contribution >= 4 is 52.5 Å². The number of amides is 4. The predicted octanol–water partition coefficient (Wildman–Crippen LogP) is 4.17. The summed E-state index contributed by atoms with van der Waals surface area (Å²) in [6, 6.07) is 10.4. The first-order valence-electron chi connectivity index (χ1n) is 13.8. The molecule has 9 nitrogen and oxygen atoms in total. The number of alkyl halides is 2. The summed E-state index contributed by atoms with van der Waals surface area (Å²) in [4.78, 5) is 53.5. The molecule has 2 aliphatic carbocycles. The number of carbonyl (C=O) groups is 4. The number of rotatable bonds is 5. The maximum atomic E-state index is 14.1. The number of carbonyl (C=O) groups excluding carboxylic acids is 4. The fraction of sp³-hybridized carbons (Fsp3) is 0.419. The van der Waals surface area contributed by atoms with E-state index in [1.807, 2.05) is 25.1 Å². The summed E-state index contributed by atoms with van der Waals surface area (Å²) in [6.07, 6.45) is 2.81. The van der Waals surface area contributed by atoms with Crippen molar-refractivity contribution in [2.75, 3.05) is 26.2 Å². The van der Waals surface area contributed by atoms with Crippen molar-refractivity contribution in [1.82, 2.24) is 4.90 Å². The van der Waals surface area contributed by atoms with Crippen LogP contribution >= 0.6 is 23.2 Å². The van der Waals surface area contributed by atoms with Crippen LogP contribution in [0.4, 0.5) is 5.69 Å². The summed E-state index contributed by atoms with van der Waals surface area (Å²) in [6.45, 7) is 2.02. The molecule has 0 radical (unpaired) electrons. The lowest BCUT2D eigenvalue weighted by molar-refractivity contribution is -0.138. The van der Waals surface area contributed by atoms with Crippen molar-refractivity contribution in [3.8, 4) is 17.2 Å². The Bertz CT molecular complexity index is 1550. The van der Waals surface area contributed by atoms with Gasteiger partial charge in [0.05, 0.1) is 31.7 Å². The number of allylic oxidation sites excluding steroid dienone is 2. The Labute approximate surface area is 253 Å². The number of phenolic OH excluding ortho intramolecular Hbond substituents is 1. The molecule has 2 heterocycles. The van der Waals surface area contributed by atoms with Crippen LogP contribution < -0.4 is 14.4 Å². The Morgan fingerprint density at radius 3 is 2.14 bits per heavy atom. The average Bonchev–Trinajstić information content (AvgIpc) is 3.32. The minimum absolute atomic E-state index is 0.0696. The molecule has 2 aliphatic heterocycles. The molecule has 4 aliphatic rings. The van der Waals surface area contributed by atoms with Crippen molar-refractivity contribution in [2.24, 2.45) is 17.8 Å². The molecule has 0 spiro atoms. The van der Waals surface area contributed by atoms with Crippen LogP contribution in [0.25, 0.3) is 0 Å². The molecule has 2 saturated heterocycles. The van der Waals surface area contributed by atoms with Gasteiger partial charge in [-0.15, -0.1) is 23.2 Å². The molecular formula is C31H30Cl2N2O7. The number of nitrogens with zero attached hydrogens (tertiary/aromatic N) is 2. The number of hydrogen-bond donors (Lipinski definition) is 1. The number of aryl methyl sites for hydroxylation is 1. The number of likely N-dealkylation sites (tertiary alicyclic amines) is 1. The van der Waals surface area contributed by atoms with Crippen LogP contribution in [-0.4, -0.2) is 64.7 Å². The molecule has 6 atom stereocenters. The van der Waals surface area contributed by atoms with Crippen LogP contribution in [-0.2, 0) is 25.6 Å². The maximum absolute atomic E-state index is 14.1. The number of benzene rings is 2. The van der Waals surface area contributed by atoms with Gasteiger partial charge in [-0.2, -0.15) is 0 Å². The van der Waals surface area contributed by atoms with Crippen LogP contribution in [0.2, 0.25) is 0 Å². The van der Waals surface area contributed by atoms with Crippen molar-refractivity contribution in [2.45, 2.75) is 41.9 Å². The fourth-order valence-corrected chi connectivity index (χ4v) is 8.35. The minimum Gasteiger partial charge on any atom is -0.502 e. The van der Waals surface area contributed by atoms with Crippen LogP contribution in [0, 0.1) is 17.8 Å². The van der Waals surface area contributed by atoms with Gasteiger partial charge in [-0.1, -0.05) is 30.7 Å². The number of halogens is 2. The summed E-state index contributed by atoms with van der Waals surface area (Å²) in [5, 5.41) is 10.6. The topological polar surface area (TPSA) is 113 Å². The highest BCUT2D eigenvalue weighted by Crippen LogP contribution is 2.66. The van der Waals surface area contributed by atoms with E-state index in [1.54, 1.807) is 12.1 Å². The van der Waals surface area contributed by atoms with E-state index in [2.05, 4.69) is 0 Å². The third kappa shape index (κ3) is 3.56. The van der Waals surface area contributed by atoms with E-state index in [0.29, 0.717) is 16.8 Å². The smallest absolute Gasteiger partial charge is 0.253 e. The van der Waals surface area contributed by atoms with Crippen LogP contribution in [0.3, 0.4) is 0 Å². The lowest BCUT2D eigenvalue weighted by atomic mass is 9.56. The highest BCUT2D eigenvalue weighted by Gasteiger charge is 2.76. The summed E-state index contributed by atoms with van der Waals surface area (Å²) in [5.41, 5.74) is 2.61. The molecule has 220 valence electrons. The summed E-state index contributed by atoms with van der Waals surface area (Å²) in [5.74, 6) is -5.27. The summed E-state index contributed by atoms with van der Waals surface area (Å²) in [7, 11) is 4.08. The second kappa shape index (κ2) is 9.74. The van der Waals surface area contributed by atoms with E-state index < -0.39 is 45.2 Å². The maximum Gasteiger partial charge on any atom is 0.253 e. The minimum atomic E-state index is -1.95. The summed E-state index contributed by atoms with van der Waals surface area (Å²) < 4.78 is 10.8. The van der Waals surface area contributed by atoms with E-state index in [-0.39, 0.29) is 41.9 Å².